The maximum atomic E-state index is 12.0. The summed E-state index contributed by atoms with van der Waals surface area (Å²) in [4.78, 5) is 14.3. The van der Waals surface area contributed by atoms with Crippen molar-refractivity contribution in [3.8, 4) is 5.75 Å². The maximum Gasteiger partial charge on any atom is 0.335 e. The molecule has 1 aliphatic heterocycles. The number of methoxy groups -OCH3 is 1. The first-order valence-corrected chi connectivity index (χ1v) is 17.3. The van der Waals surface area contributed by atoms with Crippen LogP contribution >= 0.6 is 11.6 Å². The van der Waals surface area contributed by atoms with Crippen LogP contribution in [0.25, 0.3) is 0 Å². The van der Waals surface area contributed by atoms with Crippen LogP contribution in [0.3, 0.4) is 0 Å². The average molecular weight is 629 g/mol. The van der Waals surface area contributed by atoms with Gasteiger partial charge in [-0.05, 0) is 109 Å². The highest BCUT2D eigenvalue weighted by molar-refractivity contribution is 7.89. The Morgan fingerprint density at radius 3 is 2.72 bits per heavy atom. The molecule has 3 N–H and O–H groups in total. The zero-order valence-electron chi connectivity index (χ0n) is 24.8. The summed E-state index contributed by atoms with van der Waals surface area (Å²) in [5.41, 5.74) is 4.63. The quantitative estimate of drug-likeness (QED) is 0.356. The highest BCUT2D eigenvalue weighted by atomic mass is 35.5. The Bertz CT molecular complexity index is 1540. The minimum atomic E-state index is -3.51. The Morgan fingerprint density at radius 1 is 1.26 bits per heavy atom. The number of anilines is 1. The van der Waals surface area contributed by atoms with Gasteiger partial charge in [0.1, 0.15) is 5.75 Å². The molecular weight excluding hydrogens is 588 g/mol. The first-order valence-electron chi connectivity index (χ1n) is 15.2. The summed E-state index contributed by atoms with van der Waals surface area (Å²) in [6.45, 7) is 3.96. The molecule has 0 radical (unpaired) electrons. The molecule has 2 unspecified atom stereocenters. The number of fused-ring (bicyclic) bond motifs is 3. The van der Waals surface area contributed by atoms with Crippen LogP contribution in [0.15, 0.2) is 48.0 Å². The van der Waals surface area contributed by atoms with Crippen molar-refractivity contribution in [2.75, 3.05) is 37.5 Å². The number of primary sulfonamides is 1. The number of ether oxygens (including phenoxy) is 2. The summed E-state index contributed by atoms with van der Waals surface area (Å²) in [7, 11) is -1.75. The Hall–Kier alpha value is -2.59. The van der Waals surface area contributed by atoms with E-state index in [1.54, 1.807) is 25.3 Å². The molecule has 3 aliphatic carbocycles. The predicted molar refractivity (Wildman–Crippen MR) is 168 cm³/mol. The summed E-state index contributed by atoms with van der Waals surface area (Å²) in [6, 6.07) is 11.4. The minimum absolute atomic E-state index is 0.0169. The van der Waals surface area contributed by atoms with E-state index in [1.165, 1.54) is 16.7 Å². The second kappa shape index (κ2) is 11.7. The Balaban J connectivity index is 1.27. The molecule has 1 heterocycles. The van der Waals surface area contributed by atoms with E-state index in [1.807, 2.05) is 13.0 Å². The van der Waals surface area contributed by atoms with Crippen molar-refractivity contribution in [3.05, 3.63) is 69.8 Å². The van der Waals surface area contributed by atoms with Crippen molar-refractivity contribution >= 4 is 33.3 Å². The fraction of sp³-hybridized carbons (Fsp3) is 0.545. The molecule has 1 saturated carbocycles. The monoisotopic (exact) mass is 628 g/mol. The highest BCUT2D eigenvalue weighted by Gasteiger charge is 2.46. The molecule has 8 nitrogen and oxygen atoms in total. The van der Waals surface area contributed by atoms with Gasteiger partial charge in [0.05, 0.1) is 29.7 Å². The van der Waals surface area contributed by atoms with Gasteiger partial charge in [-0.2, -0.15) is 0 Å². The number of halogens is 1. The lowest BCUT2D eigenvalue weighted by Crippen LogP contribution is -2.50. The molecule has 6 rings (SSSR count). The third-order valence-corrected chi connectivity index (χ3v) is 11.6. The van der Waals surface area contributed by atoms with Gasteiger partial charge in [0.25, 0.3) is 0 Å². The lowest BCUT2D eigenvalue weighted by atomic mass is 9.64. The van der Waals surface area contributed by atoms with E-state index in [0.717, 1.165) is 68.1 Å². The van der Waals surface area contributed by atoms with Crippen LogP contribution < -0.4 is 14.8 Å². The van der Waals surface area contributed by atoms with Crippen molar-refractivity contribution in [1.82, 2.24) is 0 Å². The van der Waals surface area contributed by atoms with E-state index in [9.17, 15) is 18.3 Å². The zero-order valence-corrected chi connectivity index (χ0v) is 26.4. The fourth-order valence-corrected chi connectivity index (χ4v) is 9.11. The minimum Gasteiger partial charge on any atom is -0.490 e. The first kappa shape index (κ1) is 30.4. The van der Waals surface area contributed by atoms with Gasteiger partial charge in [-0.3, -0.25) is 0 Å². The van der Waals surface area contributed by atoms with Crippen LogP contribution in [0.4, 0.5) is 5.69 Å². The summed E-state index contributed by atoms with van der Waals surface area (Å²) in [5.74, 6) is 0.588. The largest absolute Gasteiger partial charge is 0.490 e. The van der Waals surface area contributed by atoms with Gasteiger partial charge in [-0.1, -0.05) is 30.7 Å². The molecule has 232 valence electrons. The highest BCUT2D eigenvalue weighted by Crippen LogP contribution is 2.49. The Kier molecular flexibility index (Phi) is 8.30. The zero-order chi connectivity index (χ0) is 30.5. The van der Waals surface area contributed by atoms with Gasteiger partial charge < -0.3 is 19.5 Å². The van der Waals surface area contributed by atoms with E-state index in [-0.39, 0.29) is 34.7 Å². The van der Waals surface area contributed by atoms with Crippen LogP contribution in [0.1, 0.15) is 60.5 Å². The molecule has 43 heavy (non-hydrogen) atoms. The number of carboxylic acids is 1. The van der Waals surface area contributed by atoms with E-state index >= 15 is 0 Å². The van der Waals surface area contributed by atoms with Gasteiger partial charge in [0.15, 0.2) is 0 Å². The molecule has 2 aromatic rings. The second-order valence-corrected chi connectivity index (χ2v) is 15.3. The smallest absolute Gasteiger partial charge is 0.335 e. The van der Waals surface area contributed by atoms with E-state index in [0.29, 0.717) is 18.4 Å². The van der Waals surface area contributed by atoms with Gasteiger partial charge >= 0.3 is 5.97 Å². The summed E-state index contributed by atoms with van der Waals surface area (Å²) >= 11 is 6.39. The number of carboxylic acid groups (broad SMARTS) is 1. The Labute approximate surface area is 259 Å². The molecule has 0 amide bonds. The maximum absolute atomic E-state index is 12.0. The number of benzene rings is 2. The number of nitrogens with zero attached hydrogens (tertiary/aromatic N) is 1. The standard InChI is InChI=1S/C33H41ClN2O6S/c1-20(17-43(35,39)40)24-12-25(13-24)31(41-2)27-8-5-23(27)16-36-18-33(11-3-4-21-14-26(34)7-9-28(21)33)19-42-30-10-6-22(32(37)38)15-29(30)36/h6-7,9-10,12,14-15,20,23-24,27,31H,3-5,8,11,13,16-19H2,1-2H3,(H,37,38)(H2,35,39,40)/t20?,23-,24-,27+,31?,33-/m0/s1. The molecule has 1 fully saturated rings. The third-order valence-electron chi connectivity index (χ3n) is 10.3. The first-order chi connectivity index (χ1) is 20.5. The normalized spacial score (nSPS) is 27.9. The van der Waals surface area contributed by atoms with Crippen molar-refractivity contribution < 1.29 is 27.8 Å². The van der Waals surface area contributed by atoms with Crippen molar-refractivity contribution in [1.29, 1.82) is 0 Å². The number of aryl methyl sites for hydroxylation is 1. The van der Waals surface area contributed by atoms with Crippen LogP contribution in [0.2, 0.25) is 5.02 Å². The molecule has 2 aromatic carbocycles. The van der Waals surface area contributed by atoms with Crippen LogP contribution in [-0.2, 0) is 26.6 Å². The summed E-state index contributed by atoms with van der Waals surface area (Å²) < 4.78 is 35.8. The number of aromatic carboxylic acids is 1. The molecule has 6 atom stereocenters. The van der Waals surface area contributed by atoms with E-state index < -0.39 is 16.0 Å². The topological polar surface area (TPSA) is 119 Å². The lowest BCUT2D eigenvalue weighted by molar-refractivity contribution is -0.000283. The molecule has 4 aliphatic rings. The number of hydrogen-bond acceptors (Lipinski definition) is 6. The van der Waals surface area contributed by atoms with Gasteiger partial charge in [0.2, 0.25) is 10.0 Å². The third kappa shape index (κ3) is 6.06. The van der Waals surface area contributed by atoms with Gasteiger partial charge in [-0.25, -0.2) is 18.4 Å². The summed E-state index contributed by atoms with van der Waals surface area (Å²) in [6.07, 6.45) is 8.12. The number of sulfonamides is 1. The Morgan fingerprint density at radius 2 is 2.05 bits per heavy atom. The van der Waals surface area contributed by atoms with Crippen LogP contribution in [0, 0.1) is 23.7 Å². The molecule has 0 bridgehead atoms. The van der Waals surface area contributed by atoms with E-state index in [2.05, 4.69) is 23.1 Å². The average Bonchev–Trinajstić information content (AvgIpc) is 3.05. The summed E-state index contributed by atoms with van der Waals surface area (Å²) in [5, 5.41) is 15.8. The molecule has 0 saturated heterocycles. The van der Waals surface area contributed by atoms with Crippen molar-refractivity contribution in [3.63, 3.8) is 0 Å². The van der Waals surface area contributed by atoms with Crippen molar-refractivity contribution in [2.24, 2.45) is 28.8 Å². The molecule has 1 spiro atoms. The number of hydrogen-bond donors (Lipinski definition) is 2. The lowest BCUT2D eigenvalue weighted by Gasteiger charge is -2.48. The number of rotatable bonds is 9. The molecular formula is C33H41ClN2O6S. The fourth-order valence-electron chi connectivity index (χ4n) is 7.93. The van der Waals surface area contributed by atoms with Crippen LogP contribution in [-0.4, -0.2) is 58.2 Å². The second-order valence-electron chi connectivity index (χ2n) is 13.2. The molecule has 0 aromatic heterocycles. The number of nitrogens with two attached hydrogens (primary N) is 1. The van der Waals surface area contributed by atoms with E-state index in [4.69, 9.17) is 26.2 Å². The number of allylic oxidation sites excluding steroid dienone is 1. The van der Waals surface area contributed by atoms with Gasteiger partial charge in [0, 0.05) is 30.6 Å². The molecule has 10 heteroatoms. The van der Waals surface area contributed by atoms with Crippen molar-refractivity contribution in [2.45, 2.75) is 57.0 Å². The SMILES string of the molecule is COC(C1=C[C@H](C(C)CS(N)(=O)=O)C1)[C@@H]1CC[C@H]1CN1C[C@@]2(CCCc3cc(Cl)ccc32)COc2ccc(C(=O)O)cc21. The van der Waals surface area contributed by atoms with Gasteiger partial charge in [-0.15, -0.1) is 0 Å². The van der Waals surface area contributed by atoms with Crippen LogP contribution in [0.5, 0.6) is 5.75 Å². The number of carbonyl (C=O) groups is 1. The predicted octanol–water partition coefficient (Wildman–Crippen LogP) is 5.42.